The summed E-state index contributed by atoms with van der Waals surface area (Å²) in [5.41, 5.74) is 0. The molecule has 0 aromatic carbocycles. The Kier molecular flexibility index (Phi) is 25.3. The molecule has 0 fully saturated rings. The maximum absolute atomic E-state index is 8.56. The minimum atomic E-state index is -1.83. The Bertz CT molecular complexity index is 33.8. The fourth-order valence-corrected chi connectivity index (χ4v) is 0. The van der Waals surface area contributed by atoms with Gasteiger partial charge in [-0.2, -0.15) is 0 Å². The van der Waals surface area contributed by atoms with Crippen molar-refractivity contribution in [1.82, 2.24) is 0 Å². The molecule has 0 aromatic heterocycles. The second kappa shape index (κ2) is 9.70. The van der Waals surface area contributed by atoms with Crippen LogP contribution in [0.5, 0.6) is 0 Å². The van der Waals surface area contributed by atoms with E-state index in [2.05, 4.69) is 0 Å². The summed E-state index contributed by atoms with van der Waals surface area (Å²) in [5, 5.41) is 13.9. The van der Waals surface area contributed by atoms with E-state index < -0.39 is 6.16 Å². The van der Waals surface area contributed by atoms with Gasteiger partial charge in [-0.25, -0.2) is 4.79 Å². The summed E-state index contributed by atoms with van der Waals surface area (Å²) in [4.78, 5) is 8.56. The van der Waals surface area contributed by atoms with Gasteiger partial charge in [-0.1, -0.05) is 0 Å². The third-order valence-electron chi connectivity index (χ3n) is 0. The standard InChI is InChI=1S/CH2O3.Nb.Sr.2H/c2-1(3)4;;;;/h(H2,2,3,4);;;;. The van der Waals surface area contributed by atoms with Gasteiger partial charge in [-0.3, -0.25) is 0 Å². The van der Waals surface area contributed by atoms with Gasteiger partial charge < -0.3 is 10.2 Å². The third kappa shape index (κ3) is 49.8. The molecule has 0 saturated carbocycles. The summed E-state index contributed by atoms with van der Waals surface area (Å²) in [6.45, 7) is 0. The molecule has 6 heavy (non-hydrogen) atoms. The summed E-state index contributed by atoms with van der Waals surface area (Å²) >= 11 is 0. The SMILES string of the molecule is O=C(O)O.[Nb].[SrH2]. The fourth-order valence-electron chi connectivity index (χ4n) is 0. The third-order valence-corrected chi connectivity index (χ3v) is 0. The van der Waals surface area contributed by atoms with Crippen LogP contribution in [-0.4, -0.2) is 61.9 Å². The minimum absolute atomic E-state index is 0. The molecule has 0 aliphatic rings. The summed E-state index contributed by atoms with van der Waals surface area (Å²) in [7, 11) is 0. The number of carboxylic acid groups (broad SMARTS) is 2. The molecule has 0 aromatic rings. The maximum atomic E-state index is 8.56. The van der Waals surface area contributed by atoms with Crippen LogP contribution in [0.1, 0.15) is 0 Å². The first-order valence-corrected chi connectivity index (χ1v) is 0.651. The number of hydrogen-bond donors (Lipinski definition) is 2. The molecule has 0 aliphatic heterocycles. The van der Waals surface area contributed by atoms with Crippen molar-refractivity contribution in [3.63, 3.8) is 0 Å². The van der Waals surface area contributed by atoms with E-state index in [0.717, 1.165) is 0 Å². The molecule has 0 unspecified atom stereocenters. The van der Waals surface area contributed by atoms with Crippen molar-refractivity contribution in [2.45, 2.75) is 0 Å². The zero-order chi connectivity index (χ0) is 3.58. The molecule has 3 nitrogen and oxygen atoms in total. The zero-order valence-electron chi connectivity index (χ0n) is 2.25. The number of carbonyl (C=O) groups is 1. The van der Waals surface area contributed by atoms with E-state index in [0.29, 0.717) is 0 Å². The van der Waals surface area contributed by atoms with Gasteiger partial charge in [0, 0.05) is 22.4 Å². The van der Waals surface area contributed by atoms with E-state index >= 15 is 0 Å². The van der Waals surface area contributed by atoms with E-state index in [4.69, 9.17) is 15.0 Å². The Hall–Kier alpha value is 1.49. The van der Waals surface area contributed by atoms with Crippen molar-refractivity contribution in [3.05, 3.63) is 0 Å². The molecule has 0 atom stereocenters. The van der Waals surface area contributed by atoms with Gasteiger partial charge in [-0.15, -0.1) is 0 Å². The van der Waals surface area contributed by atoms with Crippen LogP contribution in [0.15, 0.2) is 0 Å². The molecule has 0 bridgehead atoms. The predicted octanol–water partition coefficient (Wildman–Crippen LogP) is -0.696. The molecule has 0 heterocycles. The molecule has 0 amide bonds. The average Bonchev–Trinajstić information content (AvgIpc) is 0.811. The molecule has 0 rings (SSSR count). The summed E-state index contributed by atoms with van der Waals surface area (Å²) in [6.07, 6.45) is -1.83. The van der Waals surface area contributed by atoms with E-state index in [9.17, 15) is 0 Å². The van der Waals surface area contributed by atoms with E-state index in [-0.39, 0.29) is 67.9 Å². The van der Waals surface area contributed by atoms with Crippen LogP contribution in [0.25, 0.3) is 0 Å². The van der Waals surface area contributed by atoms with Crippen LogP contribution in [0.3, 0.4) is 0 Å². The first-order chi connectivity index (χ1) is 1.73. The Balaban J connectivity index is -0.0000000450. The molecule has 0 saturated heterocycles. The van der Waals surface area contributed by atoms with E-state index in [1.807, 2.05) is 0 Å². The number of rotatable bonds is 0. The van der Waals surface area contributed by atoms with Gasteiger partial charge in [0.1, 0.15) is 0 Å². The summed E-state index contributed by atoms with van der Waals surface area (Å²) in [6, 6.07) is 0. The Morgan fingerprint density at radius 3 is 1.33 bits per heavy atom. The molecular formula is CH4NbO3Sr. The van der Waals surface area contributed by atoms with E-state index in [1.54, 1.807) is 0 Å². The monoisotopic (exact) mass is 245 g/mol. The van der Waals surface area contributed by atoms with Gasteiger partial charge in [0.05, 0.1) is 0 Å². The molecule has 2 N–H and O–H groups in total. The van der Waals surface area contributed by atoms with Crippen LogP contribution in [0.4, 0.5) is 4.79 Å². The predicted molar refractivity (Wildman–Crippen MR) is 19.2 cm³/mol. The van der Waals surface area contributed by atoms with Crippen LogP contribution < -0.4 is 0 Å². The molecule has 0 spiro atoms. The van der Waals surface area contributed by atoms with Crippen molar-refractivity contribution in [2.75, 3.05) is 0 Å². The van der Waals surface area contributed by atoms with Crippen molar-refractivity contribution in [1.29, 1.82) is 0 Å². The molecule has 1 radical (unpaired) electrons. The molecule has 0 aliphatic carbocycles. The molecular weight excluding hydrogens is 241 g/mol. The quantitative estimate of drug-likeness (QED) is 0.554. The van der Waals surface area contributed by atoms with Crippen LogP contribution in [-0.2, 0) is 22.4 Å². The van der Waals surface area contributed by atoms with Gasteiger partial charge in [-0.05, 0) is 0 Å². The van der Waals surface area contributed by atoms with Gasteiger partial charge in [0.25, 0.3) is 0 Å². The fraction of sp³-hybridized carbons (Fsp3) is 0. The first kappa shape index (κ1) is 15.6. The summed E-state index contributed by atoms with van der Waals surface area (Å²) < 4.78 is 0. The van der Waals surface area contributed by atoms with Crippen molar-refractivity contribution >= 4 is 51.6 Å². The average molecular weight is 245 g/mol. The molecule has 33 valence electrons. The van der Waals surface area contributed by atoms with Crippen LogP contribution in [0, 0.1) is 0 Å². The topological polar surface area (TPSA) is 57.5 Å². The van der Waals surface area contributed by atoms with Gasteiger partial charge >= 0.3 is 51.6 Å². The van der Waals surface area contributed by atoms with Crippen molar-refractivity contribution in [2.24, 2.45) is 0 Å². The van der Waals surface area contributed by atoms with Gasteiger partial charge in [0.2, 0.25) is 0 Å². The van der Waals surface area contributed by atoms with Crippen LogP contribution >= 0.6 is 0 Å². The van der Waals surface area contributed by atoms with Crippen LogP contribution in [0.2, 0.25) is 0 Å². The van der Waals surface area contributed by atoms with Crippen molar-refractivity contribution < 1.29 is 37.4 Å². The Labute approximate surface area is 87.5 Å². The summed E-state index contributed by atoms with van der Waals surface area (Å²) in [5.74, 6) is 0. The zero-order valence-corrected chi connectivity index (χ0v) is 4.45. The van der Waals surface area contributed by atoms with Crippen molar-refractivity contribution in [3.8, 4) is 0 Å². The second-order valence-electron chi connectivity index (χ2n) is 0.283. The number of hydrogen-bond acceptors (Lipinski definition) is 1. The Morgan fingerprint density at radius 1 is 1.33 bits per heavy atom. The second-order valence-corrected chi connectivity index (χ2v) is 0.283. The normalized spacial score (nSPS) is 4.00. The first-order valence-electron chi connectivity index (χ1n) is 0.651. The molecule has 5 heteroatoms. The van der Waals surface area contributed by atoms with E-state index in [1.165, 1.54) is 0 Å². The Morgan fingerprint density at radius 2 is 1.33 bits per heavy atom. The van der Waals surface area contributed by atoms with Gasteiger partial charge in [0.15, 0.2) is 0 Å².